The van der Waals surface area contributed by atoms with E-state index in [0.29, 0.717) is 18.8 Å². The zero-order valence-electron chi connectivity index (χ0n) is 14.1. The molecule has 1 N–H and O–H groups in total. The van der Waals surface area contributed by atoms with Crippen LogP contribution in [-0.4, -0.2) is 36.9 Å². The number of likely N-dealkylation sites (N-methyl/N-ethyl adjacent to an activating group) is 1. The van der Waals surface area contributed by atoms with Crippen LogP contribution >= 0.6 is 0 Å². The van der Waals surface area contributed by atoms with Gasteiger partial charge in [0, 0.05) is 20.5 Å². The third-order valence-electron chi connectivity index (χ3n) is 3.49. The van der Waals surface area contributed by atoms with Gasteiger partial charge in [0.15, 0.2) is 0 Å². The number of amides is 2. The minimum absolute atomic E-state index is 0.0369. The van der Waals surface area contributed by atoms with E-state index in [-0.39, 0.29) is 11.8 Å². The van der Waals surface area contributed by atoms with Crippen LogP contribution in [0.2, 0.25) is 0 Å². The molecule has 0 radical (unpaired) electrons. The van der Waals surface area contributed by atoms with Crippen molar-refractivity contribution >= 4 is 11.8 Å². The van der Waals surface area contributed by atoms with Crippen molar-refractivity contribution in [2.75, 3.05) is 14.1 Å². The maximum absolute atomic E-state index is 12.1. The number of benzene rings is 1. The fourth-order valence-corrected chi connectivity index (χ4v) is 2.37. The van der Waals surface area contributed by atoms with Gasteiger partial charge in [-0.15, -0.1) is 0 Å². The third kappa shape index (κ3) is 6.74. The number of rotatable bonds is 8. The van der Waals surface area contributed by atoms with Gasteiger partial charge in [-0.05, 0) is 30.7 Å². The highest BCUT2D eigenvalue weighted by atomic mass is 16.2. The summed E-state index contributed by atoms with van der Waals surface area (Å²) < 4.78 is 0. The maximum Gasteiger partial charge on any atom is 0.244 e. The molecule has 0 saturated carbocycles. The molecule has 2 amide bonds. The number of nitrogens with one attached hydrogen (secondary N) is 1. The monoisotopic (exact) mass is 304 g/mol. The van der Waals surface area contributed by atoms with Crippen molar-refractivity contribution in [2.45, 2.75) is 45.6 Å². The molecule has 4 heteroatoms. The summed E-state index contributed by atoms with van der Waals surface area (Å²) in [6.07, 6.45) is 2.79. The quantitative estimate of drug-likeness (QED) is 0.802. The number of hydrogen-bond acceptors (Lipinski definition) is 2. The number of aryl methyl sites for hydroxylation is 1. The molecule has 122 valence electrons. The molecular weight excluding hydrogens is 276 g/mol. The predicted octanol–water partition coefficient (Wildman–Crippen LogP) is 2.63. The van der Waals surface area contributed by atoms with E-state index in [4.69, 9.17) is 0 Å². The van der Waals surface area contributed by atoms with E-state index in [0.717, 1.165) is 12.8 Å². The molecular formula is C18H28N2O2. The minimum Gasteiger partial charge on any atom is -0.347 e. The first-order valence-electron chi connectivity index (χ1n) is 7.94. The molecule has 0 aliphatic carbocycles. The van der Waals surface area contributed by atoms with E-state index in [2.05, 4.69) is 31.3 Å². The average molecular weight is 304 g/mol. The number of carbonyl (C=O) groups excluding carboxylic acids is 2. The molecule has 0 aliphatic heterocycles. The zero-order chi connectivity index (χ0) is 16.5. The Morgan fingerprint density at radius 1 is 1.14 bits per heavy atom. The molecule has 0 bridgehead atoms. The van der Waals surface area contributed by atoms with E-state index in [1.807, 2.05) is 18.2 Å². The van der Waals surface area contributed by atoms with Crippen LogP contribution in [0.15, 0.2) is 30.3 Å². The Labute approximate surface area is 133 Å². The highest BCUT2D eigenvalue weighted by molar-refractivity contribution is 5.87. The molecule has 22 heavy (non-hydrogen) atoms. The molecule has 1 aromatic carbocycles. The van der Waals surface area contributed by atoms with Gasteiger partial charge < -0.3 is 10.2 Å². The van der Waals surface area contributed by atoms with E-state index >= 15 is 0 Å². The van der Waals surface area contributed by atoms with Crippen molar-refractivity contribution in [1.82, 2.24) is 10.2 Å². The van der Waals surface area contributed by atoms with Crippen molar-refractivity contribution in [2.24, 2.45) is 5.92 Å². The summed E-state index contributed by atoms with van der Waals surface area (Å²) >= 11 is 0. The fourth-order valence-electron chi connectivity index (χ4n) is 2.37. The van der Waals surface area contributed by atoms with Gasteiger partial charge in [0.05, 0.1) is 0 Å². The molecule has 1 aromatic rings. The lowest BCUT2D eigenvalue weighted by Crippen LogP contribution is -2.46. The summed E-state index contributed by atoms with van der Waals surface area (Å²) in [6.45, 7) is 4.11. The van der Waals surface area contributed by atoms with Crippen LogP contribution in [0.1, 0.15) is 38.7 Å². The second-order valence-electron chi connectivity index (χ2n) is 6.32. The highest BCUT2D eigenvalue weighted by Gasteiger charge is 2.22. The highest BCUT2D eigenvalue weighted by Crippen LogP contribution is 2.08. The molecule has 0 aliphatic rings. The molecule has 0 saturated heterocycles. The molecule has 0 unspecified atom stereocenters. The standard InChI is InChI=1S/C18H28N2O2/c1-14(2)13-16(18(22)20(3)4)19-17(21)12-8-11-15-9-6-5-7-10-15/h5-7,9-10,14,16H,8,11-13H2,1-4H3,(H,19,21)/t16-/m1/s1. The Bertz CT molecular complexity index is 469. The van der Waals surface area contributed by atoms with E-state index < -0.39 is 6.04 Å². The molecule has 0 heterocycles. The summed E-state index contributed by atoms with van der Waals surface area (Å²) in [4.78, 5) is 25.7. The van der Waals surface area contributed by atoms with Gasteiger partial charge in [-0.2, -0.15) is 0 Å². The summed E-state index contributed by atoms with van der Waals surface area (Å²) in [7, 11) is 3.44. The van der Waals surface area contributed by atoms with Crippen LogP contribution in [0.25, 0.3) is 0 Å². The molecule has 0 spiro atoms. The smallest absolute Gasteiger partial charge is 0.244 e. The molecule has 1 atom stereocenters. The van der Waals surface area contributed by atoms with Crippen LogP contribution in [-0.2, 0) is 16.0 Å². The average Bonchev–Trinajstić information content (AvgIpc) is 2.46. The minimum atomic E-state index is -0.417. The van der Waals surface area contributed by atoms with E-state index in [1.54, 1.807) is 14.1 Å². The normalized spacial score (nSPS) is 12.0. The van der Waals surface area contributed by atoms with Crippen molar-refractivity contribution in [3.8, 4) is 0 Å². The summed E-state index contributed by atoms with van der Waals surface area (Å²) in [6, 6.07) is 9.70. The first kappa shape index (κ1) is 18.2. The van der Waals surface area contributed by atoms with Crippen molar-refractivity contribution in [3.63, 3.8) is 0 Å². The van der Waals surface area contributed by atoms with Gasteiger partial charge in [0.25, 0.3) is 0 Å². The molecule has 0 aromatic heterocycles. The van der Waals surface area contributed by atoms with Crippen LogP contribution in [0.5, 0.6) is 0 Å². The van der Waals surface area contributed by atoms with Gasteiger partial charge in [-0.1, -0.05) is 44.2 Å². The number of nitrogens with zero attached hydrogens (tertiary/aromatic N) is 1. The fraction of sp³-hybridized carbons (Fsp3) is 0.556. The van der Waals surface area contributed by atoms with Gasteiger partial charge in [0.1, 0.15) is 6.04 Å². The van der Waals surface area contributed by atoms with Crippen molar-refractivity contribution in [1.29, 1.82) is 0 Å². The Hall–Kier alpha value is -1.84. The Kier molecular flexibility index (Phi) is 7.64. The second kappa shape index (κ2) is 9.23. The van der Waals surface area contributed by atoms with Crippen LogP contribution in [0, 0.1) is 5.92 Å². The topological polar surface area (TPSA) is 49.4 Å². The molecule has 4 nitrogen and oxygen atoms in total. The van der Waals surface area contributed by atoms with Gasteiger partial charge in [-0.3, -0.25) is 9.59 Å². The number of hydrogen-bond donors (Lipinski definition) is 1. The third-order valence-corrected chi connectivity index (χ3v) is 3.49. The first-order chi connectivity index (χ1) is 10.4. The predicted molar refractivity (Wildman–Crippen MR) is 89.5 cm³/mol. The number of carbonyl (C=O) groups is 2. The lowest BCUT2D eigenvalue weighted by molar-refractivity contribution is -0.134. The molecule has 1 rings (SSSR count). The summed E-state index contributed by atoms with van der Waals surface area (Å²) in [5.41, 5.74) is 1.23. The van der Waals surface area contributed by atoms with Gasteiger partial charge in [-0.25, -0.2) is 0 Å². The first-order valence-corrected chi connectivity index (χ1v) is 7.94. The van der Waals surface area contributed by atoms with Crippen LogP contribution in [0.4, 0.5) is 0 Å². The maximum atomic E-state index is 12.1. The lowest BCUT2D eigenvalue weighted by Gasteiger charge is -2.23. The SMILES string of the molecule is CC(C)C[C@@H](NC(=O)CCCc1ccccc1)C(=O)N(C)C. The van der Waals surface area contributed by atoms with Crippen LogP contribution < -0.4 is 5.32 Å². The largest absolute Gasteiger partial charge is 0.347 e. The summed E-state index contributed by atoms with van der Waals surface area (Å²) in [5.74, 6) is 0.278. The Morgan fingerprint density at radius 2 is 1.77 bits per heavy atom. The van der Waals surface area contributed by atoms with Gasteiger partial charge in [0.2, 0.25) is 11.8 Å². The second-order valence-corrected chi connectivity index (χ2v) is 6.32. The Morgan fingerprint density at radius 3 is 2.32 bits per heavy atom. The van der Waals surface area contributed by atoms with Crippen molar-refractivity contribution < 1.29 is 9.59 Å². The van der Waals surface area contributed by atoms with Gasteiger partial charge >= 0.3 is 0 Å². The van der Waals surface area contributed by atoms with E-state index in [9.17, 15) is 9.59 Å². The molecule has 0 fully saturated rings. The Balaban J connectivity index is 2.44. The zero-order valence-corrected chi connectivity index (χ0v) is 14.1. The van der Waals surface area contributed by atoms with E-state index in [1.165, 1.54) is 10.5 Å². The lowest BCUT2D eigenvalue weighted by atomic mass is 10.0. The van der Waals surface area contributed by atoms with Crippen LogP contribution in [0.3, 0.4) is 0 Å². The van der Waals surface area contributed by atoms with Crippen molar-refractivity contribution in [3.05, 3.63) is 35.9 Å². The summed E-state index contributed by atoms with van der Waals surface area (Å²) in [5, 5.41) is 2.89.